The Labute approximate surface area is 385 Å². The Hall–Kier alpha value is -2.18. The highest BCUT2D eigenvalue weighted by molar-refractivity contribution is 5.77. The lowest BCUT2D eigenvalue weighted by atomic mass is 10.0. The molecule has 0 heterocycles. The van der Waals surface area contributed by atoms with Gasteiger partial charge < -0.3 is 20.3 Å². The van der Waals surface area contributed by atoms with E-state index in [4.69, 9.17) is 4.74 Å². The smallest absolute Gasteiger partial charge is 0.306 e. The molecule has 0 bridgehead atoms. The number of allylic oxidation sites excluding steroid dienone is 8. The first-order chi connectivity index (χ1) is 30.5. The number of nitrogens with one attached hydrogen (secondary N) is 1. The molecule has 0 aromatic heterocycles. The van der Waals surface area contributed by atoms with E-state index in [0.717, 1.165) is 89.9 Å². The normalized spacial score (nSPS) is 13.6. The lowest BCUT2D eigenvalue weighted by Crippen LogP contribution is -2.46. The maximum absolute atomic E-state index is 13.2. The van der Waals surface area contributed by atoms with E-state index in [1.54, 1.807) is 0 Å². The molecule has 0 aromatic carbocycles. The van der Waals surface area contributed by atoms with Crippen molar-refractivity contribution >= 4 is 11.9 Å². The monoisotopic (exact) mass is 870 g/mol. The molecule has 0 radical (unpaired) electrons. The number of ether oxygens (including phenoxy) is 1. The molecule has 6 heteroatoms. The Morgan fingerprint density at radius 2 is 0.839 bits per heavy atom. The Balaban J connectivity index is 4.62. The van der Waals surface area contributed by atoms with Crippen molar-refractivity contribution in [3.8, 4) is 0 Å². The number of rotatable bonds is 48. The predicted molar refractivity (Wildman–Crippen MR) is 269 cm³/mol. The molecule has 362 valence electrons. The highest BCUT2D eigenvalue weighted by Crippen LogP contribution is 2.17. The van der Waals surface area contributed by atoms with Gasteiger partial charge >= 0.3 is 5.97 Å². The molecule has 3 unspecified atom stereocenters. The third-order valence-electron chi connectivity index (χ3n) is 12.2. The summed E-state index contributed by atoms with van der Waals surface area (Å²) in [6.45, 7) is 6.46. The Bertz CT molecular complexity index is 1070. The van der Waals surface area contributed by atoms with Gasteiger partial charge in [-0.05, 0) is 77.0 Å². The quantitative estimate of drug-likeness (QED) is 0.0245. The van der Waals surface area contributed by atoms with Gasteiger partial charge in [-0.25, -0.2) is 0 Å². The first-order valence-corrected chi connectivity index (χ1v) is 26.9. The summed E-state index contributed by atoms with van der Waals surface area (Å²) in [4.78, 5) is 26.2. The van der Waals surface area contributed by atoms with Crippen LogP contribution in [0.5, 0.6) is 0 Å². The van der Waals surface area contributed by atoms with E-state index >= 15 is 0 Å². The van der Waals surface area contributed by atoms with Crippen LogP contribution in [0.3, 0.4) is 0 Å². The van der Waals surface area contributed by atoms with Crippen LogP contribution in [-0.2, 0) is 14.3 Å². The molecule has 0 aliphatic rings. The first-order valence-electron chi connectivity index (χ1n) is 26.9. The number of unbranched alkanes of at least 4 members (excludes halogenated alkanes) is 30. The SMILES string of the molecule is CCCCCCC/C=C/C=C/C=C/CCCCCCCC(=O)OC(CCCCC/C=C/CCCCCCCCC)CC(=O)NC(CO)C(O)CCCCCCCCCCCCC. The zero-order valence-electron chi connectivity index (χ0n) is 41.3. The molecule has 0 saturated carbocycles. The lowest BCUT2D eigenvalue weighted by Gasteiger charge is -2.24. The minimum absolute atomic E-state index is 0.0594. The number of amides is 1. The van der Waals surface area contributed by atoms with Crippen molar-refractivity contribution in [1.29, 1.82) is 0 Å². The highest BCUT2D eigenvalue weighted by Gasteiger charge is 2.24. The third kappa shape index (κ3) is 44.4. The molecule has 62 heavy (non-hydrogen) atoms. The molecule has 0 aliphatic heterocycles. The second-order valence-electron chi connectivity index (χ2n) is 18.3. The minimum Gasteiger partial charge on any atom is -0.462 e. The molecule has 1 amide bonds. The van der Waals surface area contributed by atoms with Gasteiger partial charge in [-0.15, -0.1) is 0 Å². The van der Waals surface area contributed by atoms with E-state index in [0.29, 0.717) is 19.3 Å². The third-order valence-corrected chi connectivity index (χ3v) is 12.2. The van der Waals surface area contributed by atoms with Gasteiger partial charge in [0.15, 0.2) is 0 Å². The van der Waals surface area contributed by atoms with E-state index < -0.39 is 18.2 Å². The van der Waals surface area contributed by atoms with Crippen molar-refractivity contribution in [2.75, 3.05) is 6.61 Å². The zero-order chi connectivity index (χ0) is 45.2. The predicted octanol–water partition coefficient (Wildman–Crippen LogP) is 16.2. The number of aliphatic hydroxyl groups excluding tert-OH is 2. The molecule has 0 aromatic rings. The molecule has 0 rings (SSSR count). The van der Waals surface area contributed by atoms with Crippen molar-refractivity contribution in [2.24, 2.45) is 0 Å². The highest BCUT2D eigenvalue weighted by atomic mass is 16.5. The van der Waals surface area contributed by atoms with E-state index in [9.17, 15) is 19.8 Å². The maximum atomic E-state index is 13.2. The van der Waals surface area contributed by atoms with E-state index in [1.807, 2.05) is 0 Å². The van der Waals surface area contributed by atoms with Crippen LogP contribution in [0, 0.1) is 0 Å². The fraction of sp³-hybridized carbons (Fsp3) is 0.821. The van der Waals surface area contributed by atoms with Gasteiger partial charge in [-0.3, -0.25) is 9.59 Å². The number of esters is 1. The topological polar surface area (TPSA) is 95.9 Å². The van der Waals surface area contributed by atoms with Crippen molar-refractivity contribution in [3.63, 3.8) is 0 Å². The average molecular weight is 870 g/mol. The summed E-state index contributed by atoms with van der Waals surface area (Å²) >= 11 is 0. The molecule has 0 saturated heterocycles. The van der Waals surface area contributed by atoms with Gasteiger partial charge in [-0.1, -0.05) is 230 Å². The number of carbonyl (C=O) groups is 2. The molecule has 0 spiro atoms. The van der Waals surface area contributed by atoms with Crippen LogP contribution in [0.4, 0.5) is 0 Å². The fourth-order valence-corrected chi connectivity index (χ4v) is 8.07. The molecule has 0 aliphatic carbocycles. The molecular weight excluding hydrogens is 767 g/mol. The summed E-state index contributed by atoms with van der Waals surface area (Å²) in [7, 11) is 0. The van der Waals surface area contributed by atoms with Crippen LogP contribution in [-0.4, -0.2) is 46.9 Å². The average Bonchev–Trinajstić information content (AvgIpc) is 3.26. The molecule has 0 fully saturated rings. The van der Waals surface area contributed by atoms with Crippen LogP contribution in [0.2, 0.25) is 0 Å². The van der Waals surface area contributed by atoms with Gasteiger partial charge in [-0.2, -0.15) is 0 Å². The largest absolute Gasteiger partial charge is 0.462 e. The molecule has 6 nitrogen and oxygen atoms in total. The molecule has 3 atom stereocenters. The first kappa shape index (κ1) is 59.8. The Morgan fingerprint density at radius 1 is 0.468 bits per heavy atom. The summed E-state index contributed by atoms with van der Waals surface area (Å²) < 4.78 is 5.93. The lowest BCUT2D eigenvalue weighted by molar-refractivity contribution is -0.151. The second-order valence-corrected chi connectivity index (χ2v) is 18.3. The number of hydrogen-bond donors (Lipinski definition) is 3. The Morgan fingerprint density at radius 3 is 1.29 bits per heavy atom. The summed E-state index contributed by atoms with van der Waals surface area (Å²) in [5.41, 5.74) is 0. The van der Waals surface area contributed by atoms with Crippen LogP contribution in [0.15, 0.2) is 48.6 Å². The summed E-state index contributed by atoms with van der Waals surface area (Å²) in [5.74, 6) is -0.506. The van der Waals surface area contributed by atoms with Crippen LogP contribution in [0.25, 0.3) is 0 Å². The van der Waals surface area contributed by atoms with Gasteiger partial charge in [0.05, 0.1) is 25.2 Å². The van der Waals surface area contributed by atoms with E-state index in [2.05, 4.69) is 74.7 Å². The van der Waals surface area contributed by atoms with E-state index in [-0.39, 0.29) is 24.9 Å². The number of carbonyl (C=O) groups excluding carboxylic acids is 2. The van der Waals surface area contributed by atoms with Crippen molar-refractivity contribution < 1.29 is 24.5 Å². The summed E-state index contributed by atoms with van der Waals surface area (Å²) in [5, 5.41) is 23.7. The molecular formula is C56H103NO5. The van der Waals surface area contributed by atoms with Gasteiger partial charge in [0.25, 0.3) is 0 Å². The zero-order valence-corrected chi connectivity index (χ0v) is 41.3. The van der Waals surface area contributed by atoms with Crippen molar-refractivity contribution in [3.05, 3.63) is 48.6 Å². The summed E-state index contributed by atoms with van der Waals surface area (Å²) in [6.07, 6.45) is 60.2. The van der Waals surface area contributed by atoms with Crippen LogP contribution in [0.1, 0.15) is 271 Å². The Kier molecular flexibility index (Phi) is 48.1. The fourth-order valence-electron chi connectivity index (χ4n) is 8.07. The number of aliphatic hydroxyl groups is 2. The van der Waals surface area contributed by atoms with Crippen LogP contribution >= 0.6 is 0 Å². The van der Waals surface area contributed by atoms with E-state index in [1.165, 1.54) is 135 Å². The maximum Gasteiger partial charge on any atom is 0.306 e. The standard InChI is InChI=1S/C56H103NO5/c1-4-7-10-13-16-19-22-24-26-27-28-29-31-34-37-40-43-46-49-56(61)62-52(47-44-41-38-35-33-30-25-23-20-17-14-11-8-5-2)50-55(60)57-53(51-58)54(59)48-45-42-39-36-32-21-18-15-12-9-6-3/h22,24,26-30,33,52-54,58-59H,4-21,23,25,31-32,34-51H2,1-3H3,(H,57,60)/b24-22+,27-26+,29-28+,33-30+. The number of hydrogen-bond acceptors (Lipinski definition) is 5. The second kappa shape index (κ2) is 49.8. The van der Waals surface area contributed by atoms with Gasteiger partial charge in [0.2, 0.25) is 5.91 Å². The van der Waals surface area contributed by atoms with Gasteiger partial charge in [0, 0.05) is 6.42 Å². The van der Waals surface area contributed by atoms with Crippen LogP contribution < -0.4 is 5.32 Å². The summed E-state index contributed by atoms with van der Waals surface area (Å²) in [6, 6.07) is -0.710. The van der Waals surface area contributed by atoms with Crippen molar-refractivity contribution in [1.82, 2.24) is 5.32 Å². The van der Waals surface area contributed by atoms with Crippen molar-refractivity contribution in [2.45, 2.75) is 289 Å². The molecule has 3 N–H and O–H groups in total. The van der Waals surface area contributed by atoms with Gasteiger partial charge in [0.1, 0.15) is 6.10 Å². The minimum atomic E-state index is -0.794.